The molecule has 0 bridgehead atoms. The second kappa shape index (κ2) is 3.92. The van der Waals surface area contributed by atoms with Crippen LogP contribution in [0.2, 0.25) is 0 Å². The lowest BCUT2D eigenvalue weighted by atomic mass is 10.1. The predicted molar refractivity (Wildman–Crippen MR) is 55.5 cm³/mol. The zero-order chi connectivity index (χ0) is 10.8. The molecule has 1 atom stereocenters. The molecule has 1 fully saturated rings. The molecule has 0 spiro atoms. The van der Waals surface area contributed by atoms with Crippen LogP contribution in [0.4, 0.5) is 5.95 Å². The predicted octanol–water partition coefficient (Wildman–Crippen LogP) is 0.419. The summed E-state index contributed by atoms with van der Waals surface area (Å²) >= 11 is 0. The highest BCUT2D eigenvalue weighted by atomic mass is 16.5. The van der Waals surface area contributed by atoms with Crippen LogP contribution in [0.3, 0.4) is 0 Å². The minimum absolute atomic E-state index is 0.00769. The van der Waals surface area contributed by atoms with Gasteiger partial charge in [0.05, 0.1) is 13.0 Å². The Morgan fingerprint density at radius 2 is 2.47 bits per heavy atom. The van der Waals surface area contributed by atoms with Crippen molar-refractivity contribution < 1.29 is 9.53 Å². The second-order valence-corrected chi connectivity index (χ2v) is 3.79. The highest BCUT2D eigenvalue weighted by molar-refractivity contribution is 5.73. The Kier molecular flexibility index (Phi) is 2.62. The standard InChI is InChI=1S/C10H15N3O2/c1-12-6-4-11-10(12)13-5-3-8(7-13)9(14)15-2/h4,6,8H,3,5,7H2,1-2H3. The number of aryl methyl sites for hydroxylation is 1. The Bertz CT molecular complexity index is 361. The fraction of sp³-hybridized carbons (Fsp3) is 0.600. The van der Waals surface area contributed by atoms with Crippen molar-refractivity contribution in [2.75, 3.05) is 25.1 Å². The number of carbonyl (C=O) groups excluding carboxylic acids is 1. The van der Waals surface area contributed by atoms with E-state index < -0.39 is 0 Å². The van der Waals surface area contributed by atoms with Gasteiger partial charge < -0.3 is 14.2 Å². The van der Waals surface area contributed by atoms with Crippen LogP contribution in [0.15, 0.2) is 12.4 Å². The topological polar surface area (TPSA) is 47.4 Å². The van der Waals surface area contributed by atoms with Gasteiger partial charge in [0.1, 0.15) is 0 Å². The first kappa shape index (κ1) is 10.0. The van der Waals surface area contributed by atoms with Gasteiger partial charge in [-0.2, -0.15) is 0 Å². The van der Waals surface area contributed by atoms with Gasteiger partial charge in [-0.05, 0) is 6.42 Å². The number of hydrogen-bond donors (Lipinski definition) is 0. The van der Waals surface area contributed by atoms with Gasteiger partial charge in [-0.25, -0.2) is 4.98 Å². The molecule has 1 aliphatic rings. The Labute approximate surface area is 88.7 Å². The summed E-state index contributed by atoms with van der Waals surface area (Å²) in [6.45, 7) is 1.57. The monoisotopic (exact) mass is 209 g/mol. The molecular formula is C10H15N3O2. The number of anilines is 1. The lowest BCUT2D eigenvalue weighted by molar-refractivity contribution is -0.144. The van der Waals surface area contributed by atoms with E-state index in [0.717, 1.165) is 18.9 Å². The molecule has 0 aliphatic carbocycles. The minimum atomic E-state index is -0.119. The Hall–Kier alpha value is -1.52. The van der Waals surface area contributed by atoms with Crippen LogP contribution < -0.4 is 4.90 Å². The van der Waals surface area contributed by atoms with E-state index in [1.165, 1.54) is 7.11 Å². The molecule has 1 unspecified atom stereocenters. The van der Waals surface area contributed by atoms with Crippen molar-refractivity contribution in [2.24, 2.45) is 13.0 Å². The highest BCUT2D eigenvalue weighted by Crippen LogP contribution is 2.22. The van der Waals surface area contributed by atoms with Crippen LogP contribution >= 0.6 is 0 Å². The summed E-state index contributed by atoms with van der Waals surface area (Å²) in [5, 5.41) is 0. The molecule has 2 heterocycles. The van der Waals surface area contributed by atoms with E-state index in [2.05, 4.69) is 9.88 Å². The maximum absolute atomic E-state index is 11.3. The fourth-order valence-electron chi connectivity index (χ4n) is 1.96. The zero-order valence-electron chi connectivity index (χ0n) is 9.01. The number of esters is 1. The van der Waals surface area contributed by atoms with Gasteiger partial charge in [0, 0.05) is 32.5 Å². The highest BCUT2D eigenvalue weighted by Gasteiger charge is 2.30. The van der Waals surface area contributed by atoms with E-state index in [9.17, 15) is 4.79 Å². The lowest BCUT2D eigenvalue weighted by Gasteiger charge is -2.16. The number of carbonyl (C=O) groups is 1. The van der Waals surface area contributed by atoms with Gasteiger partial charge in [0.2, 0.25) is 5.95 Å². The first-order chi connectivity index (χ1) is 7.22. The SMILES string of the molecule is COC(=O)C1CCN(c2nccn2C)C1. The van der Waals surface area contributed by atoms with Crippen LogP contribution in [-0.2, 0) is 16.6 Å². The number of hydrogen-bond acceptors (Lipinski definition) is 4. The summed E-state index contributed by atoms with van der Waals surface area (Å²) in [6, 6.07) is 0. The number of rotatable bonds is 2. The van der Waals surface area contributed by atoms with Gasteiger partial charge in [-0.15, -0.1) is 0 Å². The Morgan fingerprint density at radius 3 is 3.07 bits per heavy atom. The molecule has 1 aliphatic heterocycles. The van der Waals surface area contributed by atoms with Gasteiger partial charge in [0.25, 0.3) is 0 Å². The summed E-state index contributed by atoms with van der Waals surface area (Å²) in [6.07, 6.45) is 4.52. The van der Waals surface area contributed by atoms with Gasteiger partial charge in [0.15, 0.2) is 0 Å². The molecule has 2 rings (SSSR count). The molecule has 0 amide bonds. The molecule has 0 N–H and O–H groups in total. The number of imidazole rings is 1. The van der Waals surface area contributed by atoms with Gasteiger partial charge in [-0.1, -0.05) is 0 Å². The normalized spacial score (nSPS) is 20.7. The van der Waals surface area contributed by atoms with Crippen LogP contribution in [-0.4, -0.2) is 35.7 Å². The summed E-state index contributed by atoms with van der Waals surface area (Å²) < 4.78 is 6.70. The number of methoxy groups -OCH3 is 1. The molecule has 0 saturated carbocycles. The molecule has 5 heteroatoms. The molecule has 1 aromatic heterocycles. The molecule has 15 heavy (non-hydrogen) atoms. The molecule has 0 radical (unpaired) electrons. The molecular weight excluding hydrogens is 194 g/mol. The molecule has 0 aromatic carbocycles. The van der Waals surface area contributed by atoms with E-state index >= 15 is 0 Å². The van der Waals surface area contributed by atoms with Gasteiger partial charge in [-0.3, -0.25) is 4.79 Å². The minimum Gasteiger partial charge on any atom is -0.469 e. The molecule has 5 nitrogen and oxygen atoms in total. The largest absolute Gasteiger partial charge is 0.469 e. The van der Waals surface area contributed by atoms with E-state index in [1.807, 2.05) is 17.8 Å². The molecule has 1 aromatic rings. The Balaban J connectivity index is 2.05. The van der Waals surface area contributed by atoms with E-state index in [1.54, 1.807) is 6.20 Å². The van der Waals surface area contributed by atoms with E-state index in [4.69, 9.17) is 4.74 Å². The van der Waals surface area contributed by atoms with Crippen LogP contribution in [0, 0.1) is 5.92 Å². The Morgan fingerprint density at radius 1 is 1.67 bits per heavy atom. The first-order valence-corrected chi connectivity index (χ1v) is 5.02. The number of nitrogens with zero attached hydrogens (tertiary/aromatic N) is 3. The maximum atomic E-state index is 11.3. The number of aromatic nitrogens is 2. The third-order valence-electron chi connectivity index (χ3n) is 2.80. The van der Waals surface area contributed by atoms with Crippen LogP contribution in [0.5, 0.6) is 0 Å². The van der Waals surface area contributed by atoms with Crippen molar-refractivity contribution in [1.82, 2.24) is 9.55 Å². The first-order valence-electron chi connectivity index (χ1n) is 5.02. The van der Waals surface area contributed by atoms with Crippen LogP contribution in [0.1, 0.15) is 6.42 Å². The fourth-order valence-corrected chi connectivity index (χ4v) is 1.96. The summed E-state index contributed by atoms with van der Waals surface area (Å²) in [7, 11) is 3.39. The lowest BCUT2D eigenvalue weighted by Crippen LogP contribution is -2.25. The van der Waals surface area contributed by atoms with Crippen molar-refractivity contribution in [3.8, 4) is 0 Å². The maximum Gasteiger partial charge on any atom is 0.310 e. The third kappa shape index (κ3) is 1.82. The number of ether oxygens (including phenoxy) is 1. The summed E-state index contributed by atoms with van der Waals surface area (Å²) in [5.74, 6) is 0.791. The van der Waals surface area contributed by atoms with Crippen molar-refractivity contribution in [1.29, 1.82) is 0 Å². The third-order valence-corrected chi connectivity index (χ3v) is 2.80. The van der Waals surface area contributed by atoms with Crippen LogP contribution in [0.25, 0.3) is 0 Å². The van der Waals surface area contributed by atoms with Crippen molar-refractivity contribution in [3.63, 3.8) is 0 Å². The average Bonchev–Trinajstić information content (AvgIpc) is 2.84. The van der Waals surface area contributed by atoms with E-state index in [0.29, 0.717) is 6.54 Å². The summed E-state index contributed by atoms with van der Waals surface area (Å²) in [4.78, 5) is 17.7. The quantitative estimate of drug-likeness (QED) is 0.662. The van der Waals surface area contributed by atoms with Gasteiger partial charge >= 0.3 is 5.97 Å². The van der Waals surface area contributed by atoms with Crippen molar-refractivity contribution in [2.45, 2.75) is 6.42 Å². The second-order valence-electron chi connectivity index (χ2n) is 3.79. The molecule has 82 valence electrons. The summed E-state index contributed by atoms with van der Waals surface area (Å²) in [5.41, 5.74) is 0. The zero-order valence-corrected chi connectivity index (χ0v) is 9.01. The average molecular weight is 209 g/mol. The smallest absolute Gasteiger partial charge is 0.310 e. The van der Waals surface area contributed by atoms with E-state index in [-0.39, 0.29) is 11.9 Å². The van der Waals surface area contributed by atoms with Crippen molar-refractivity contribution in [3.05, 3.63) is 12.4 Å². The molecule has 1 saturated heterocycles. The van der Waals surface area contributed by atoms with Crippen molar-refractivity contribution >= 4 is 11.9 Å².